The first-order chi connectivity index (χ1) is 8.08. The second-order valence-electron chi connectivity index (χ2n) is 4.15. The van der Waals surface area contributed by atoms with Gasteiger partial charge in [0, 0.05) is 31.5 Å². The van der Waals surface area contributed by atoms with Crippen molar-refractivity contribution in [3.8, 4) is 0 Å². The van der Waals surface area contributed by atoms with E-state index in [-0.39, 0.29) is 12.0 Å². The Bertz CT molecular complexity index is 451. The number of likely N-dealkylation sites (N-methyl/N-ethyl adjacent to an activating group) is 1. The summed E-state index contributed by atoms with van der Waals surface area (Å²) in [5.74, 6) is -0.104. The Morgan fingerprint density at radius 3 is 2.82 bits per heavy atom. The molecule has 0 bridgehead atoms. The largest absolute Gasteiger partial charge is 0.343 e. The zero-order valence-corrected chi connectivity index (χ0v) is 10.1. The van der Waals surface area contributed by atoms with Gasteiger partial charge in [0.1, 0.15) is 11.8 Å². The van der Waals surface area contributed by atoms with Crippen LogP contribution in [0, 0.1) is 6.92 Å². The molecular weight excluding hydrogens is 218 g/mol. The van der Waals surface area contributed by atoms with Crippen LogP contribution in [0.3, 0.4) is 0 Å². The highest BCUT2D eigenvalue weighted by atomic mass is 16.7. The SMILES string of the molecule is Cc1ccc(C2C=C(C(=O)N(C)C)NO2)cn1. The van der Waals surface area contributed by atoms with E-state index in [1.165, 1.54) is 4.90 Å². The zero-order chi connectivity index (χ0) is 12.4. The predicted molar refractivity (Wildman–Crippen MR) is 62.7 cm³/mol. The van der Waals surface area contributed by atoms with E-state index in [0.717, 1.165) is 11.3 Å². The molecule has 17 heavy (non-hydrogen) atoms. The third-order valence-electron chi connectivity index (χ3n) is 2.51. The van der Waals surface area contributed by atoms with E-state index in [9.17, 15) is 4.79 Å². The third-order valence-corrected chi connectivity index (χ3v) is 2.51. The number of rotatable bonds is 2. The molecule has 5 nitrogen and oxygen atoms in total. The summed E-state index contributed by atoms with van der Waals surface area (Å²) in [4.78, 5) is 22.7. The lowest BCUT2D eigenvalue weighted by Gasteiger charge is -2.10. The number of pyridine rings is 1. The summed E-state index contributed by atoms with van der Waals surface area (Å²) in [6.07, 6.45) is 3.25. The Hall–Kier alpha value is -1.88. The number of nitrogens with zero attached hydrogens (tertiary/aromatic N) is 2. The number of hydrogen-bond acceptors (Lipinski definition) is 4. The van der Waals surface area contributed by atoms with E-state index in [4.69, 9.17) is 4.84 Å². The number of carbonyl (C=O) groups excluding carboxylic acids is 1. The van der Waals surface area contributed by atoms with E-state index in [0.29, 0.717) is 5.70 Å². The van der Waals surface area contributed by atoms with Gasteiger partial charge in [0.15, 0.2) is 0 Å². The van der Waals surface area contributed by atoms with E-state index < -0.39 is 0 Å². The Balaban J connectivity index is 2.16. The van der Waals surface area contributed by atoms with Crippen LogP contribution < -0.4 is 5.48 Å². The molecule has 0 saturated heterocycles. The fraction of sp³-hybridized carbons (Fsp3) is 0.333. The van der Waals surface area contributed by atoms with Crippen molar-refractivity contribution in [3.63, 3.8) is 0 Å². The van der Waals surface area contributed by atoms with Crippen molar-refractivity contribution in [2.75, 3.05) is 14.1 Å². The lowest BCUT2D eigenvalue weighted by molar-refractivity contribution is -0.126. The van der Waals surface area contributed by atoms with E-state index in [2.05, 4.69) is 10.5 Å². The van der Waals surface area contributed by atoms with Crippen LogP contribution in [-0.2, 0) is 9.63 Å². The Morgan fingerprint density at radius 2 is 2.24 bits per heavy atom. The summed E-state index contributed by atoms with van der Waals surface area (Å²) in [6.45, 7) is 1.92. The average molecular weight is 233 g/mol. The lowest BCUT2D eigenvalue weighted by atomic mass is 10.1. The highest BCUT2D eigenvalue weighted by Gasteiger charge is 2.23. The van der Waals surface area contributed by atoms with Gasteiger partial charge in [0.05, 0.1) is 0 Å². The minimum atomic E-state index is -0.262. The van der Waals surface area contributed by atoms with Gasteiger partial charge in [-0.2, -0.15) is 0 Å². The minimum absolute atomic E-state index is 0.104. The Kier molecular flexibility index (Phi) is 3.10. The molecule has 1 aromatic rings. The van der Waals surface area contributed by atoms with Crippen molar-refractivity contribution in [2.45, 2.75) is 13.0 Å². The number of hydroxylamine groups is 1. The molecule has 0 aromatic carbocycles. The van der Waals surface area contributed by atoms with Crippen LogP contribution in [0.5, 0.6) is 0 Å². The van der Waals surface area contributed by atoms with Crippen molar-refractivity contribution in [1.82, 2.24) is 15.4 Å². The fourth-order valence-electron chi connectivity index (χ4n) is 1.51. The summed E-state index contributed by atoms with van der Waals surface area (Å²) in [6, 6.07) is 3.85. The minimum Gasteiger partial charge on any atom is -0.343 e. The predicted octanol–water partition coefficient (Wildman–Crippen LogP) is 0.938. The maximum atomic E-state index is 11.7. The number of nitrogens with one attached hydrogen (secondary N) is 1. The van der Waals surface area contributed by atoms with Gasteiger partial charge in [-0.3, -0.25) is 20.1 Å². The van der Waals surface area contributed by atoms with Crippen LogP contribution in [0.25, 0.3) is 0 Å². The van der Waals surface area contributed by atoms with Crippen molar-refractivity contribution in [3.05, 3.63) is 41.4 Å². The van der Waals surface area contributed by atoms with Crippen LogP contribution >= 0.6 is 0 Å². The molecule has 1 unspecified atom stereocenters. The fourth-order valence-corrected chi connectivity index (χ4v) is 1.51. The van der Waals surface area contributed by atoms with Gasteiger partial charge in [-0.1, -0.05) is 6.07 Å². The monoisotopic (exact) mass is 233 g/mol. The second-order valence-corrected chi connectivity index (χ2v) is 4.15. The van der Waals surface area contributed by atoms with Crippen LogP contribution in [0.1, 0.15) is 17.4 Å². The summed E-state index contributed by atoms with van der Waals surface area (Å²) < 4.78 is 0. The van der Waals surface area contributed by atoms with Gasteiger partial charge in [-0.15, -0.1) is 0 Å². The normalized spacial score (nSPS) is 18.5. The molecule has 90 valence electrons. The molecule has 0 aliphatic carbocycles. The molecule has 1 aliphatic heterocycles. The van der Waals surface area contributed by atoms with E-state index in [1.54, 1.807) is 26.4 Å². The first-order valence-corrected chi connectivity index (χ1v) is 5.35. The maximum absolute atomic E-state index is 11.7. The molecule has 1 N–H and O–H groups in total. The second kappa shape index (κ2) is 4.55. The van der Waals surface area contributed by atoms with Gasteiger partial charge in [0.2, 0.25) is 0 Å². The topological polar surface area (TPSA) is 54.5 Å². The highest BCUT2D eigenvalue weighted by Crippen LogP contribution is 2.23. The van der Waals surface area contributed by atoms with Crippen molar-refractivity contribution >= 4 is 5.91 Å². The quantitative estimate of drug-likeness (QED) is 0.826. The Labute approximate surface area is 100 Å². The van der Waals surface area contributed by atoms with Crippen molar-refractivity contribution in [1.29, 1.82) is 0 Å². The molecule has 1 aliphatic rings. The molecule has 1 amide bonds. The molecule has 5 heteroatoms. The lowest BCUT2D eigenvalue weighted by Crippen LogP contribution is -2.28. The molecule has 0 fully saturated rings. The van der Waals surface area contributed by atoms with E-state index in [1.807, 2.05) is 19.1 Å². The summed E-state index contributed by atoms with van der Waals surface area (Å²) >= 11 is 0. The number of aryl methyl sites for hydroxylation is 1. The molecular formula is C12H15N3O2. The molecule has 1 aromatic heterocycles. The molecule has 0 spiro atoms. The highest BCUT2D eigenvalue weighted by molar-refractivity contribution is 5.92. The average Bonchev–Trinajstić information content (AvgIpc) is 2.78. The van der Waals surface area contributed by atoms with E-state index >= 15 is 0 Å². The third kappa shape index (κ3) is 2.45. The summed E-state index contributed by atoms with van der Waals surface area (Å²) in [7, 11) is 3.40. The molecule has 2 rings (SSSR count). The maximum Gasteiger partial charge on any atom is 0.271 e. The smallest absolute Gasteiger partial charge is 0.271 e. The van der Waals surface area contributed by atoms with Crippen LogP contribution in [0.2, 0.25) is 0 Å². The van der Waals surface area contributed by atoms with Crippen molar-refractivity contribution in [2.24, 2.45) is 0 Å². The van der Waals surface area contributed by atoms with Gasteiger partial charge >= 0.3 is 0 Å². The van der Waals surface area contributed by atoms with Gasteiger partial charge in [-0.05, 0) is 19.1 Å². The molecule has 2 heterocycles. The van der Waals surface area contributed by atoms with Crippen LogP contribution in [0.4, 0.5) is 0 Å². The number of carbonyl (C=O) groups is 1. The molecule has 0 radical (unpaired) electrons. The molecule has 0 saturated carbocycles. The molecule has 1 atom stereocenters. The van der Waals surface area contributed by atoms with Crippen molar-refractivity contribution < 1.29 is 9.63 Å². The van der Waals surface area contributed by atoms with Crippen LogP contribution in [0.15, 0.2) is 30.1 Å². The first-order valence-electron chi connectivity index (χ1n) is 5.35. The number of hydrogen-bond donors (Lipinski definition) is 1. The van der Waals surface area contributed by atoms with Gasteiger partial charge < -0.3 is 4.90 Å². The Morgan fingerprint density at radius 1 is 1.47 bits per heavy atom. The van der Waals surface area contributed by atoms with Gasteiger partial charge in [0.25, 0.3) is 5.91 Å². The zero-order valence-electron chi connectivity index (χ0n) is 10.1. The number of aromatic nitrogens is 1. The van der Waals surface area contributed by atoms with Crippen LogP contribution in [-0.4, -0.2) is 29.9 Å². The summed E-state index contributed by atoms with van der Waals surface area (Å²) in [5.41, 5.74) is 4.97. The summed E-state index contributed by atoms with van der Waals surface area (Å²) in [5, 5.41) is 0. The standard InChI is InChI=1S/C12H15N3O2/c1-8-4-5-9(7-13-8)11-6-10(14-17-11)12(16)15(2)3/h4-7,11,14H,1-3H3. The van der Waals surface area contributed by atoms with Gasteiger partial charge in [-0.25, -0.2) is 0 Å². The first kappa shape index (κ1) is 11.6. The number of amides is 1.